The average Bonchev–Trinajstić information content (AvgIpc) is 2.45. The molecule has 7 nitrogen and oxygen atoms in total. The summed E-state index contributed by atoms with van der Waals surface area (Å²) in [6, 6.07) is 1.75. The summed E-state index contributed by atoms with van der Waals surface area (Å²) in [5, 5.41) is 11.7. The molecule has 0 fully saturated rings. The number of aromatic nitrogens is 1. The molecule has 0 aliphatic carbocycles. The van der Waals surface area contributed by atoms with Gasteiger partial charge in [0.25, 0.3) is 0 Å². The van der Waals surface area contributed by atoms with Gasteiger partial charge in [0.2, 0.25) is 0 Å². The summed E-state index contributed by atoms with van der Waals surface area (Å²) in [6.45, 7) is 3.10. The zero-order valence-corrected chi connectivity index (χ0v) is 12.3. The van der Waals surface area contributed by atoms with Gasteiger partial charge in [0.15, 0.2) is 11.5 Å². The van der Waals surface area contributed by atoms with Crippen LogP contribution in [0.3, 0.4) is 0 Å². The van der Waals surface area contributed by atoms with E-state index < -0.39 is 0 Å². The molecule has 1 aromatic heterocycles. The monoisotopic (exact) mass is 282 g/mol. The van der Waals surface area contributed by atoms with Crippen molar-refractivity contribution in [2.75, 3.05) is 27.8 Å². The summed E-state index contributed by atoms with van der Waals surface area (Å²) in [5.41, 5.74) is 6.35. The first-order valence-corrected chi connectivity index (χ1v) is 6.25. The van der Waals surface area contributed by atoms with Gasteiger partial charge in [-0.15, -0.1) is 0 Å². The number of methoxy groups -OCH3 is 2. The largest absolute Gasteiger partial charge is 0.493 e. The molecule has 0 saturated carbocycles. The molecule has 3 N–H and O–H groups in total. The minimum Gasteiger partial charge on any atom is -0.493 e. The van der Waals surface area contributed by atoms with Crippen LogP contribution in [0.15, 0.2) is 17.4 Å². The van der Waals surface area contributed by atoms with Gasteiger partial charge in [-0.25, -0.2) is 0 Å². The Morgan fingerprint density at radius 3 is 2.75 bits per heavy atom. The highest BCUT2D eigenvalue weighted by Gasteiger charge is 2.16. The molecule has 0 aliphatic rings. The van der Waals surface area contributed by atoms with Crippen LogP contribution < -0.4 is 15.2 Å². The molecule has 0 aromatic carbocycles. The first-order chi connectivity index (χ1) is 9.53. The van der Waals surface area contributed by atoms with Crippen LogP contribution >= 0.6 is 0 Å². The van der Waals surface area contributed by atoms with Gasteiger partial charge < -0.3 is 20.4 Å². The standard InChI is InChI=1S/C13H22N4O3/c1-9(13(14)16-18)7-17(2)8-10-12(20-4)11(19-3)5-6-15-10/h5-6,9,18H,7-8H2,1-4H3,(H2,14,16). The van der Waals surface area contributed by atoms with Gasteiger partial charge in [0, 0.05) is 31.3 Å². The fraction of sp³-hybridized carbons (Fsp3) is 0.538. The van der Waals surface area contributed by atoms with E-state index in [0.29, 0.717) is 24.6 Å². The number of nitrogens with two attached hydrogens (primary N) is 1. The highest BCUT2D eigenvalue weighted by atomic mass is 16.5. The Kier molecular flexibility index (Phi) is 6.05. The zero-order valence-electron chi connectivity index (χ0n) is 12.3. The van der Waals surface area contributed by atoms with Crippen molar-refractivity contribution in [2.45, 2.75) is 13.5 Å². The molecule has 0 bridgehead atoms. The summed E-state index contributed by atoms with van der Waals surface area (Å²) >= 11 is 0. The number of oxime groups is 1. The molecule has 0 saturated heterocycles. The smallest absolute Gasteiger partial charge is 0.183 e. The highest BCUT2D eigenvalue weighted by molar-refractivity contribution is 5.82. The number of ether oxygens (including phenoxy) is 2. The Balaban J connectivity index is 2.78. The van der Waals surface area contributed by atoms with E-state index in [1.54, 1.807) is 26.5 Å². The SMILES string of the molecule is COc1ccnc(CN(C)CC(C)/C(N)=N/O)c1OC. The maximum absolute atomic E-state index is 8.65. The molecule has 1 heterocycles. The van der Waals surface area contributed by atoms with E-state index in [-0.39, 0.29) is 11.8 Å². The summed E-state index contributed by atoms with van der Waals surface area (Å²) in [5.74, 6) is 1.43. The van der Waals surface area contributed by atoms with Crippen LogP contribution in [0.2, 0.25) is 0 Å². The van der Waals surface area contributed by atoms with Crippen LogP contribution in [0.4, 0.5) is 0 Å². The van der Waals surface area contributed by atoms with Crippen molar-refractivity contribution < 1.29 is 14.7 Å². The minimum absolute atomic E-state index is 0.0541. The molecule has 0 spiro atoms. The van der Waals surface area contributed by atoms with E-state index >= 15 is 0 Å². The molecule has 1 aromatic rings. The maximum atomic E-state index is 8.65. The van der Waals surface area contributed by atoms with Crippen molar-refractivity contribution in [2.24, 2.45) is 16.8 Å². The molecule has 0 radical (unpaired) electrons. The second kappa shape index (κ2) is 7.54. The summed E-state index contributed by atoms with van der Waals surface area (Å²) < 4.78 is 10.6. The molecule has 0 amide bonds. The molecule has 20 heavy (non-hydrogen) atoms. The van der Waals surface area contributed by atoms with Gasteiger partial charge in [-0.2, -0.15) is 0 Å². The molecule has 1 unspecified atom stereocenters. The predicted octanol–water partition coefficient (Wildman–Crippen LogP) is 0.913. The fourth-order valence-electron chi connectivity index (χ4n) is 1.94. The highest BCUT2D eigenvalue weighted by Crippen LogP contribution is 2.29. The van der Waals surface area contributed by atoms with Gasteiger partial charge in [-0.05, 0) is 7.05 Å². The Hall–Kier alpha value is -2.02. The molecule has 112 valence electrons. The summed E-state index contributed by atoms with van der Waals surface area (Å²) in [6.07, 6.45) is 1.68. The lowest BCUT2D eigenvalue weighted by Gasteiger charge is -2.21. The van der Waals surface area contributed by atoms with Crippen molar-refractivity contribution in [1.29, 1.82) is 0 Å². The van der Waals surface area contributed by atoms with Gasteiger partial charge in [0.1, 0.15) is 11.5 Å². The Morgan fingerprint density at radius 2 is 2.20 bits per heavy atom. The van der Waals surface area contributed by atoms with Crippen molar-refractivity contribution in [3.63, 3.8) is 0 Å². The lowest BCUT2D eigenvalue weighted by molar-refractivity contribution is 0.281. The van der Waals surface area contributed by atoms with E-state index in [1.165, 1.54) is 0 Å². The third-order valence-electron chi connectivity index (χ3n) is 2.99. The van der Waals surface area contributed by atoms with Crippen LogP contribution in [-0.2, 0) is 6.54 Å². The predicted molar refractivity (Wildman–Crippen MR) is 76.2 cm³/mol. The van der Waals surface area contributed by atoms with Crippen LogP contribution in [0.25, 0.3) is 0 Å². The maximum Gasteiger partial charge on any atom is 0.183 e. The quantitative estimate of drug-likeness (QED) is 0.334. The van der Waals surface area contributed by atoms with E-state index in [0.717, 1.165) is 5.69 Å². The first kappa shape index (κ1) is 16.0. The second-order valence-corrected chi connectivity index (χ2v) is 4.62. The van der Waals surface area contributed by atoms with Crippen LogP contribution in [0.1, 0.15) is 12.6 Å². The van der Waals surface area contributed by atoms with Crippen molar-refractivity contribution in [3.05, 3.63) is 18.0 Å². The normalized spacial score (nSPS) is 13.3. The van der Waals surface area contributed by atoms with Crippen molar-refractivity contribution >= 4 is 5.84 Å². The summed E-state index contributed by atoms with van der Waals surface area (Å²) in [4.78, 5) is 6.33. The number of rotatable bonds is 7. The Morgan fingerprint density at radius 1 is 1.50 bits per heavy atom. The molecular formula is C13H22N4O3. The lowest BCUT2D eigenvalue weighted by atomic mass is 10.1. The van der Waals surface area contributed by atoms with Gasteiger partial charge in [-0.1, -0.05) is 12.1 Å². The van der Waals surface area contributed by atoms with Gasteiger partial charge in [0.05, 0.1) is 14.2 Å². The van der Waals surface area contributed by atoms with Crippen LogP contribution in [0, 0.1) is 5.92 Å². The van der Waals surface area contributed by atoms with Gasteiger partial charge in [-0.3, -0.25) is 9.88 Å². The molecule has 1 rings (SSSR count). The van der Waals surface area contributed by atoms with Crippen molar-refractivity contribution in [3.8, 4) is 11.5 Å². The Labute approximate surface area is 119 Å². The third kappa shape index (κ3) is 3.99. The van der Waals surface area contributed by atoms with Crippen LogP contribution in [0.5, 0.6) is 11.5 Å². The van der Waals surface area contributed by atoms with E-state index in [2.05, 4.69) is 10.1 Å². The number of hydrogen-bond acceptors (Lipinski definition) is 6. The average molecular weight is 282 g/mol. The number of amidine groups is 1. The number of nitrogens with zero attached hydrogens (tertiary/aromatic N) is 3. The number of pyridine rings is 1. The van der Waals surface area contributed by atoms with E-state index in [4.69, 9.17) is 20.4 Å². The second-order valence-electron chi connectivity index (χ2n) is 4.62. The first-order valence-electron chi connectivity index (χ1n) is 6.25. The third-order valence-corrected chi connectivity index (χ3v) is 2.99. The summed E-state index contributed by atoms with van der Waals surface area (Å²) in [7, 11) is 5.11. The molecular weight excluding hydrogens is 260 g/mol. The zero-order chi connectivity index (χ0) is 15.1. The molecule has 1 atom stereocenters. The van der Waals surface area contributed by atoms with Crippen LogP contribution in [-0.4, -0.2) is 48.7 Å². The van der Waals surface area contributed by atoms with E-state index in [1.807, 2.05) is 18.9 Å². The molecule has 0 aliphatic heterocycles. The minimum atomic E-state index is -0.0541. The van der Waals surface area contributed by atoms with Gasteiger partial charge >= 0.3 is 0 Å². The van der Waals surface area contributed by atoms with E-state index in [9.17, 15) is 0 Å². The Bertz CT molecular complexity index is 465. The number of hydrogen-bond donors (Lipinski definition) is 2. The van der Waals surface area contributed by atoms with Crippen molar-refractivity contribution in [1.82, 2.24) is 9.88 Å². The topological polar surface area (TPSA) is 93.2 Å². The fourth-order valence-corrected chi connectivity index (χ4v) is 1.94. The molecule has 7 heteroatoms. The lowest BCUT2D eigenvalue weighted by Crippen LogP contribution is -2.32.